The molecule has 4 rings (SSSR count). The Morgan fingerprint density at radius 2 is 2.20 bits per heavy atom. The number of cyclic esters (lactones) is 1. The van der Waals surface area contributed by atoms with Crippen LogP contribution in [0.3, 0.4) is 0 Å². The molecule has 7 nitrogen and oxygen atoms in total. The molecule has 7 heteroatoms. The maximum Gasteiger partial charge on any atom is 0.408 e. The van der Waals surface area contributed by atoms with Gasteiger partial charge in [-0.15, -0.1) is 0 Å². The molecule has 1 aromatic heterocycles. The highest BCUT2D eigenvalue weighted by atomic mass is 16.6. The highest BCUT2D eigenvalue weighted by molar-refractivity contribution is 5.97. The number of amides is 2. The first-order valence-corrected chi connectivity index (χ1v) is 8.13. The highest BCUT2D eigenvalue weighted by Crippen LogP contribution is 2.38. The molecule has 128 valence electrons. The Kier molecular flexibility index (Phi) is 3.56. The van der Waals surface area contributed by atoms with Crippen molar-refractivity contribution >= 4 is 29.2 Å². The summed E-state index contributed by atoms with van der Waals surface area (Å²) in [5.41, 5.74) is 3.33. The maximum absolute atomic E-state index is 12.3. The van der Waals surface area contributed by atoms with Crippen molar-refractivity contribution in [1.29, 1.82) is 0 Å². The number of benzene rings is 1. The topological polar surface area (TPSA) is 83.6 Å². The second-order valence-electron chi connectivity index (χ2n) is 6.28. The third-order valence-electron chi connectivity index (χ3n) is 4.53. The Morgan fingerprint density at radius 1 is 1.36 bits per heavy atom. The van der Waals surface area contributed by atoms with Gasteiger partial charge in [-0.25, -0.2) is 9.78 Å². The minimum atomic E-state index is -0.425. The van der Waals surface area contributed by atoms with E-state index in [1.165, 1.54) is 6.92 Å². The Balaban J connectivity index is 1.79. The fraction of sp³-hybridized carbons (Fsp3) is 0.278. The summed E-state index contributed by atoms with van der Waals surface area (Å²) in [6.45, 7) is 3.86. The number of aromatic nitrogens is 1. The minimum Gasteiger partial charge on any atom is -0.439 e. The summed E-state index contributed by atoms with van der Waals surface area (Å²) in [6.07, 6.45) is 0.912. The number of ether oxygens (including phenoxy) is 1. The zero-order chi connectivity index (χ0) is 17.6. The van der Waals surface area contributed by atoms with Crippen LogP contribution in [-0.2, 0) is 16.1 Å². The van der Waals surface area contributed by atoms with Crippen LogP contribution in [0.2, 0.25) is 0 Å². The van der Waals surface area contributed by atoms with Crippen LogP contribution in [0, 0.1) is 0 Å². The largest absolute Gasteiger partial charge is 0.439 e. The third-order valence-corrected chi connectivity index (χ3v) is 4.53. The van der Waals surface area contributed by atoms with E-state index in [0.717, 1.165) is 28.3 Å². The van der Waals surface area contributed by atoms with Gasteiger partial charge in [0.15, 0.2) is 0 Å². The number of anilines is 3. The van der Waals surface area contributed by atoms with Gasteiger partial charge in [0.25, 0.3) is 0 Å². The zero-order valence-corrected chi connectivity index (χ0v) is 13.9. The number of alkyl carbamates (subject to hydrolysis) is 1. The van der Waals surface area contributed by atoms with Gasteiger partial charge in [0.1, 0.15) is 11.9 Å². The molecule has 0 aliphatic carbocycles. The number of fused-ring (bicyclic) bond motifs is 2. The van der Waals surface area contributed by atoms with E-state index in [0.29, 0.717) is 6.54 Å². The standard InChI is InChI=1S/C18H18N4O3/c1-10-16(25-18(24)20-10)12-5-6-14-15(8-12)22(11(2)23)9-13-4-3-7-19-17(13)21-14/h3-8,10,16H,9H2,1-2H3,(H,19,21)(H,20,24). The molecule has 2 amide bonds. The lowest BCUT2D eigenvalue weighted by atomic mass is 10.0. The van der Waals surface area contributed by atoms with Gasteiger partial charge in [-0.2, -0.15) is 0 Å². The zero-order valence-electron chi connectivity index (χ0n) is 13.9. The van der Waals surface area contributed by atoms with Gasteiger partial charge in [0.2, 0.25) is 5.91 Å². The molecule has 25 heavy (non-hydrogen) atoms. The first-order valence-electron chi connectivity index (χ1n) is 8.13. The number of pyridine rings is 1. The van der Waals surface area contributed by atoms with Crippen molar-refractivity contribution < 1.29 is 14.3 Å². The van der Waals surface area contributed by atoms with Crippen molar-refractivity contribution in [2.45, 2.75) is 32.5 Å². The highest BCUT2D eigenvalue weighted by Gasteiger charge is 2.33. The molecule has 0 radical (unpaired) electrons. The van der Waals surface area contributed by atoms with Crippen molar-refractivity contribution in [2.75, 3.05) is 10.2 Å². The average molecular weight is 338 g/mol. The summed E-state index contributed by atoms with van der Waals surface area (Å²) in [5.74, 6) is 0.675. The van der Waals surface area contributed by atoms with Crippen molar-refractivity contribution in [3.05, 3.63) is 47.7 Å². The van der Waals surface area contributed by atoms with Gasteiger partial charge in [0.05, 0.1) is 24.0 Å². The summed E-state index contributed by atoms with van der Waals surface area (Å²) in [6, 6.07) is 9.36. The van der Waals surface area contributed by atoms with Gasteiger partial charge >= 0.3 is 6.09 Å². The predicted molar refractivity (Wildman–Crippen MR) is 92.6 cm³/mol. The van der Waals surface area contributed by atoms with Crippen LogP contribution in [0.1, 0.15) is 31.1 Å². The summed E-state index contributed by atoms with van der Waals surface area (Å²) in [4.78, 5) is 29.8. The first-order chi connectivity index (χ1) is 12.0. The van der Waals surface area contributed by atoms with E-state index in [1.807, 2.05) is 37.3 Å². The van der Waals surface area contributed by atoms with Crippen molar-refractivity contribution in [3.63, 3.8) is 0 Å². The normalized spacial score (nSPS) is 21.4. The summed E-state index contributed by atoms with van der Waals surface area (Å²) < 4.78 is 5.35. The molecule has 1 saturated heterocycles. The number of hydrogen-bond donors (Lipinski definition) is 2. The van der Waals surface area contributed by atoms with Crippen LogP contribution < -0.4 is 15.5 Å². The molecular weight excluding hydrogens is 320 g/mol. The molecule has 2 unspecified atom stereocenters. The quantitative estimate of drug-likeness (QED) is 0.835. The van der Waals surface area contributed by atoms with Crippen molar-refractivity contribution in [1.82, 2.24) is 10.3 Å². The van der Waals surface area contributed by atoms with E-state index >= 15 is 0 Å². The second kappa shape index (κ2) is 5.77. The molecule has 2 aliphatic heterocycles. The van der Waals surface area contributed by atoms with Gasteiger partial charge in [0, 0.05) is 18.7 Å². The molecule has 2 aliphatic rings. The number of nitrogens with one attached hydrogen (secondary N) is 2. The Labute approximate surface area is 145 Å². The fourth-order valence-electron chi connectivity index (χ4n) is 3.27. The smallest absolute Gasteiger partial charge is 0.408 e. The summed E-state index contributed by atoms with van der Waals surface area (Å²) in [7, 11) is 0. The van der Waals surface area contributed by atoms with Crippen LogP contribution in [-0.4, -0.2) is 23.0 Å². The molecule has 0 bridgehead atoms. The van der Waals surface area contributed by atoms with Crippen LogP contribution in [0.15, 0.2) is 36.5 Å². The molecule has 1 aromatic carbocycles. The minimum absolute atomic E-state index is 0.0634. The van der Waals surface area contributed by atoms with Crippen molar-refractivity contribution in [2.24, 2.45) is 0 Å². The van der Waals surface area contributed by atoms with Gasteiger partial charge < -0.3 is 20.3 Å². The van der Waals surface area contributed by atoms with E-state index in [2.05, 4.69) is 15.6 Å². The molecule has 2 aromatic rings. The number of nitrogens with zero attached hydrogens (tertiary/aromatic N) is 2. The maximum atomic E-state index is 12.3. The fourth-order valence-corrected chi connectivity index (χ4v) is 3.27. The number of carbonyl (C=O) groups is 2. The van der Waals surface area contributed by atoms with Gasteiger partial charge in [-0.05, 0) is 30.7 Å². The van der Waals surface area contributed by atoms with Gasteiger partial charge in [-0.1, -0.05) is 12.1 Å². The van der Waals surface area contributed by atoms with E-state index in [9.17, 15) is 9.59 Å². The number of hydrogen-bond acceptors (Lipinski definition) is 5. The molecule has 0 saturated carbocycles. The molecule has 1 fully saturated rings. The predicted octanol–water partition coefficient (Wildman–Crippen LogP) is 2.86. The Bertz CT molecular complexity index is 867. The van der Waals surface area contributed by atoms with E-state index in [4.69, 9.17) is 4.74 Å². The molecular formula is C18H18N4O3. The van der Waals surface area contributed by atoms with Crippen LogP contribution in [0.5, 0.6) is 0 Å². The lowest BCUT2D eigenvalue weighted by molar-refractivity contribution is -0.116. The van der Waals surface area contributed by atoms with E-state index in [1.54, 1.807) is 11.1 Å². The SMILES string of the molecule is CC(=O)N1Cc2cccnc2Nc2ccc(C3OC(=O)NC3C)cc21. The lowest BCUT2D eigenvalue weighted by Gasteiger charge is -2.23. The number of rotatable bonds is 1. The molecule has 0 spiro atoms. The van der Waals surface area contributed by atoms with Gasteiger partial charge in [-0.3, -0.25) is 4.79 Å². The van der Waals surface area contributed by atoms with Crippen molar-refractivity contribution in [3.8, 4) is 0 Å². The van der Waals surface area contributed by atoms with Crippen LogP contribution >= 0.6 is 0 Å². The van der Waals surface area contributed by atoms with Crippen LogP contribution in [0.25, 0.3) is 0 Å². The van der Waals surface area contributed by atoms with E-state index < -0.39 is 6.09 Å². The molecule has 3 heterocycles. The number of carbonyl (C=O) groups excluding carboxylic acids is 2. The van der Waals surface area contributed by atoms with Crippen LogP contribution in [0.4, 0.5) is 22.0 Å². The Hall–Kier alpha value is -3.09. The molecule has 2 atom stereocenters. The summed E-state index contributed by atoms with van der Waals surface area (Å²) in [5, 5.41) is 6.04. The third kappa shape index (κ3) is 2.67. The monoisotopic (exact) mass is 338 g/mol. The summed E-state index contributed by atoms with van der Waals surface area (Å²) >= 11 is 0. The Morgan fingerprint density at radius 3 is 2.92 bits per heavy atom. The lowest BCUT2D eigenvalue weighted by Crippen LogP contribution is -2.28. The first kappa shape index (κ1) is 15.4. The van der Waals surface area contributed by atoms with E-state index in [-0.39, 0.29) is 18.1 Å². The molecule has 2 N–H and O–H groups in total. The second-order valence-corrected chi connectivity index (χ2v) is 6.28. The average Bonchev–Trinajstić information content (AvgIpc) is 2.83.